The molecule has 0 unspecified atom stereocenters. The largest absolute Gasteiger partial charge is 0.381 e. The van der Waals surface area contributed by atoms with Gasteiger partial charge in [-0.25, -0.2) is 4.99 Å². The van der Waals surface area contributed by atoms with E-state index in [9.17, 15) is 0 Å². The molecule has 1 spiro atoms. The molecule has 5 heteroatoms. The second-order valence-corrected chi connectivity index (χ2v) is 8.66. The van der Waals surface area contributed by atoms with Gasteiger partial charge in [-0.1, -0.05) is 12.6 Å². The Balaban J connectivity index is 1.29. The predicted molar refractivity (Wildman–Crippen MR) is 107 cm³/mol. The molecule has 1 saturated heterocycles. The van der Waals surface area contributed by atoms with Gasteiger partial charge in [-0.3, -0.25) is 4.68 Å². The van der Waals surface area contributed by atoms with Gasteiger partial charge in [0.15, 0.2) is 0 Å². The van der Waals surface area contributed by atoms with Crippen LogP contribution in [-0.2, 0) is 7.05 Å². The average molecular weight is 361 g/mol. The van der Waals surface area contributed by atoms with Crippen molar-refractivity contribution in [2.24, 2.45) is 17.5 Å². The average Bonchev–Trinajstić information content (AvgIpc) is 3.03. The minimum atomic E-state index is 0.530. The van der Waals surface area contributed by atoms with E-state index >= 15 is 0 Å². The second kappa shape index (κ2) is 6.06. The van der Waals surface area contributed by atoms with Gasteiger partial charge in [-0.2, -0.15) is 5.10 Å². The van der Waals surface area contributed by atoms with E-state index in [1.807, 2.05) is 24.1 Å². The lowest BCUT2D eigenvalue weighted by Gasteiger charge is -2.52. The van der Waals surface area contributed by atoms with Gasteiger partial charge in [-0.05, 0) is 55.8 Å². The van der Waals surface area contributed by atoms with E-state index in [2.05, 4.69) is 52.1 Å². The van der Waals surface area contributed by atoms with Crippen LogP contribution in [0.3, 0.4) is 0 Å². The molecule has 0 bridgehead atoms. The predicted octanol–water partition coefficient (Wildman–Crippen LogP) is 1.81. The number of aryl methyl sites for hydroxylation is 1. The summed E-state index contributed by atoms with van der Waals surface area (Å²) in [5, 5.41) is 10.2. The number of nitrogens with one attached hydrogen (secondary N) is 1. The third-order valence-corrected chi connectivity index (χ3v) is 6.44. The Bertz CT molecular complexity index is 1020. The molecule has 3 heterocycles. The minimum Gasteiger partial charge on any atom is -0.381 e. The first-order chi connectivity index (χ1) is 13.0. The molecule has 1 saturated carbocycles. The summed E-state index contributed by atoms with van der Waals surface area (Å²) in [5.41, 5.74) is 4.90. The summed E-state index contributed by atoms with van der Waals surface area (Å²) in [5.74, 6) is 0. The van der Waals surface area contributed by atoms with Gasteiger partial charge in [-0.15, -0.1) is 0 Å². The number of rotatable bonds is 4. The van der Waals surface area contributed by atoms with E-state index in [1.165, 1.54) is 49.6 Å². The Morgan fingerprint density at radius 3 is 2.63 bits per heavy atom. The topological polar surface area (TPSA) is 45.5 Å². The van der Waals surface area contributed by atoms with Crippen molar-refractivity contribution in [3.05, 3.63) is 53.4 Å². The molecule has 1 aliphatic carbocycles. The van der Waals surface area contributed by atoms with Crippen molar-refractivity contribution >= 4 is 5.70 Å². The van der Waals surface area contributed by atoms with Gasteiger partial charge < -0.3 is 10.2 Å². The van der Waals surface area contributed by atoms with Crippen LogP contribution in [0.1, 0.15) is 25.7 Å². The van der Waals surface area contributed by atoms with Gasteiger partial charge in [0.25, 0.3) is 0 Å². The first-order valence-corrected chi connectivity index (χ1v) is 9.88. The van der Waals surface area contributed by atoms with Crippen LogP contribution < -0.4 is 15.9 Å². The number of hydrogen-bond donors (Lipinski definition) is 1. The molecule has 0 amide bonds. The monoisotopic (exact) mass is 361 g/mol. The van der Waals surface area contributed by atoms with Gasteiger partial charge in [0, 0.05) is 43.2 Å². The van der Waals surface area contributed by atoms with E-state index in [0.717, 1.165) is 22.3 Å². The minimum absolute atomic E-state index is 0.530. The fourth-order valence-electron chi connectivity index (χ4n) is 5.04. The third kappa shape index (κ3) is 2.90. The molecule has 1 N–H and O–H groups in total. The highest BCUT2D eigenvalue weighted by Crippen LogP contribution is 2.43. The molecule has 0 radical (unpaired) electrons. The van der Waals surface area contributed by atoms with Crippen molar-refractivity contribution in [3.8, 4) is 11.1 Å². The molecule has 27 heavy (non-hydrogen) atoms. The smallest absolute Gasteiger partial charge is 0.0956 e. The number of benzene rings is 1. The fraction of sp³-hybridized carbons (Fsp3) is 0.455. The van der Waals surface area contributed by atoms with Crippen LogP contribution in [0.15, 0.2) is 47.9 Å². The van der Waals surface area contributed by atoms with Crippen LogP contribution in [0.2, 0.25) is 0 Å². The second-order valence-electron chi connectivity index (χ2n) is 8.66. The lowest BCUT2D eigenvalue weighted by Crippen LogP contribution is -2.56. The molecule has 140 valence electrons. The van der Waals surface area contributed by atoms with Crippen molar-refractivity contribution in [1.29, 1.82) is 0 Å². The summed E-state index contributed by atoms with van der Waals surface area (Å²) >= 11 is 0. The highest BCUT2D eigenvalue weighted by atomic mass is 15.2. The van der Waals surface area contributed by atoms with Crippen LogP contribution in [0, 0.1) is 5.41 Å². The van der Waals surface area contributed by atoms with E-state index < -0.39 is 0 Å². The third-order valence-electron chi connectivity index (χ3n) is 6.44. The molecular weight excluding hydrogens is 334 g/mol. The van der Waals surface area contributed by atoms with Crippen LogP contribution in [-0.4, -0.2) is 40.9 Å². The van der Waals surface area contributed by atoms with Gasteiger partial charge in [0.2, 0.25) is 0 Å². The standard InChI is InChI=1S/C22H27N5/c1-15(24-18-6-8-22(9-7-18)13-26(2)14-22)21-19-10-16(4-5-20(19)25-21)17-11-23-27(3)12-17/h4-5,10-12,18,24H,1,6-9,13-14H2,2-3H3. The van der Waals surface area contributed by atoms with E-state index in [4.69, 9.17) is 0 Å². The highest BCUT2D eigenvalue weighted by molar-refractivity contribution is 5.69. The fourth-order valence-corrected chi connectivity index (χ4v) is 5.04. The SMILES string of the molecule is C=C(NC1CCC2(CC1)CN(C)C2)C1=c2cc(-c3cnn(C)c3)ccc2=N1. The van der Waals surface area contributed by atoms with E-state index in [1.54, 1.807) is 0 Å². The van der Waals surface area contributed by atoms with Crippen molar-refractivity contribution in [1.82, 2.24) is 20.0 Å². The van der Waals surface area contributed by atoms with Gasteiger partial charge >= 0.3 is 0 Å². The van der Waals surface area contributed by atoms with Crippen molar-refractivity contribution in [2.45, 2.75) is 31.7 Å². The maximum Gasteiger partial charge on any atom is 0.0956 e. The lowest BCUT2D eigenvalue weighted by atomic mass is 9.67. The first kappa shape index (κ1) is 16.8. The molecular formula is C22H27N5. The van der Waals surface area contributed by atoms with Crippen molar-refractivity contribution in [3.63, 3.8) is 0 Å². The van der Waals surface area contributed by atoms with Crippen molar-refractivity contribution in [2.75, 3.05) is 20.1 Å². The van der Waals surface area contributed by atoms with Gasteiger partial charge in [0.1, 0.15) is 0 Å². The van der Waals surface area contributed by atoms with Crippen LogP contribution in [0.4, 0.5) is 0 Å². The zero-order chi connectivity index (χ0) is 18.6. The number of aromatic nitrogens is 2. The van der Waals surface area contributed by atoms with E-state index in [-0.39, 0.29) is 0 Å². The van der Waals surface area contributed by atoms with Gasteiger partial charge in [0.05, 0.1) is 22.9 Å². The van der Waals surface area contributed by atoms with Crippen molar-refractivity contribution < 1.29 is 0 Å². The lowest BCUT2D eigenvalue weighted by molar-refractivity contribution is -0.0151. The quantitative estimate of drug-likeness (QED) is 0.903. The number of hydrogen-bond acceptors (Lipinski definition) is 4. The zero-order valence-corrected chi connectivity index (χ0v) is 16.2. The maximum atomic E-state index is 4.68. The number of nitrogens with zero attached hydrogens (tertiary/aromatic N) is 4. The summed E-state index contributed by atoms with van der Waals surface area (Å²) in [6.45, 7) is 6.84. The summed E-state index contributed by atoms with van der Waals surface area (Å²) in [6, 6.07) is 6.94. The summed E-state index contributed by atoms with van der Waals surface area (Å²) in [4.78, 5) is 7.12. The van der Waals surface area contributed by atoms with Crippen LogP contribution >= 0.6 is 0 Å². The highest BCUT2D eigenvalue weighted by Gasteiger charge is 2.43. The molecule has 2 aliphatic heterocycles. The Morgan fingerprint density at radius 2 is 1.96 bits per heavy atom. The molecule has 0 atom stereocenters. The summed E-state index contributed by atoms with van der Waals surface area (Å²) in [6.07, 6.45) is 9.08. The number of fused-ring (bicyclic) bond motifs is 1. The first-order valence-electron chi connectivity index (χ1n) is 9.88. The molecule has 5 nitrogen and oxygen atoms in total. The number of likely N-dealkylation sites (tertiary alicyclic amines) is 1. The van der Waals surface area contributed by atoms with Crippen LogP contribution in [0.25, 0.3) is 16.8 Å². The Hall–Kier alpha value is -2.40. The summed E-state index contributed by atoms with van der Waals surface area (Å²) < 4.78 is 1.83. The zero-order valence-electron chi connectivity index (χ0n) is 16.2. The normalized spacial score (nSPS) is 21.2. The molecule has 1 aromatic carbocycles. The molecule has 3 aliphatic rings. The maximum absolute atomic E-state index is 4.68. The molecule has 1 aromatic heterocycles. The summed E-state index contributed by atoms with van der Waals surface area (Å²) in [7, 11) is 4.17. The Labute approximate surface area is 160 Å². The molecule has 5 rings (SSSR count). The Morgan fingerprint density at radius 1 is 1.19 bits per heavy atom. The molecule has 2 aromatic rings. The molecule has 2 fully saturated rings. The Kier molecular flexibility index (Phi) is 3.76. The van der Waals surface area contributed by atoms with E-state index in [0.29, 0.717) is 11.5 Å². The van der Waals surface area contributed by atoms with Crippen LogP contribution in [0.5, 0.6) is 0 Å².